The Balaban J connectivity index is 1.45. The van der Waals surface area contributed by atoms with Gasteiger partial charge in [-0.15, -0.1) is 13.2 Å². The summed E-state index contributed by atoms with van der Waals surface area (Å²) in [4.78, 5) is 49.3. The number of unbranched alkanes of at least 4 members (excludes halogenated alkanes) is 1. The molecule has 1 N–H and O–H groups in total. The molecule has 3 aliphatic rings. The van der Waals surface area contributed by atoms with Gasteiger partial charge in [0.05, 0.1) is 17.4 Å². The molecule has 3 unspecified atom stereocenters. The van der Waals surface area contributed by atoms with E-state index in [4.69, 9.17) is 4.74 Å². The number of carbonyl (C=O) groups excluding carboxylic acids is 3. The molecule has 0 aromatic heterocycles. The van der Waals surface area contributed by atoms with Gasteiger partial charge in [-0.2, -0.15) is 0 Å². The molecule has 3 amide bonds. The molecule has 8 nitrogen and oxygen atoms in total. The van der Waals surface area contributed by atoms with Gasteiger partial charge in [-0.1, -0.05) is 67.6 Å². The van der Waals surface area contributed by atoms with E-state index in [1.807, 2.05) is 79.7 Å². The summed E-state index contributed by atoms with van der Waals surface area (Å²) < 4.78 is 7.00. The summed E-state index contributed by atoms with van der Waals surface area (Å²) in [6, 6.07) is 22.3. The van der Waals surface area contributed by atoms with Gasteiger partial charge in [0.25, 0.3) is 5.91 Å². The third-order valence-electron chi connectivity index (χ3n) is 10.4. The van der Waals surface area contributed by atoms with E-state index in [-0.39, 0.29) is 49.9 Å². The minimum absolute atomic E-state index is 0.0187. The molecule has 3 fully saturated rings. The zero-order chi connectivity index (χ0) is 32.6. The molecular weight excluding hydrogens is 578 g/mol. The number of ether oxygens (including phenoxy) is 1. The molecule has 6 atom stereocenters. The van der Waals surface area contributed by atoms with Gasteiger partial charge in [-0.3, -0.25) is 14.4 Å². The maximum absolute atomic E-state index is 15.0. The molecule has 1 spiro atoms. The zero-order valence-corrected chi connectivity index (χ0v) is 26.7. The fourth-order valence-corrected chi connectivity index (χ4v) is 8.20. The number of benzene rings is 3. The van der Waals surface area contributed by atoms with Crippen LogP contribution in [0.5, 0.6) is 0 Å². The average molecular weight is 622 g/mol. The highest BCUT2D eigenvalue weighted by Gasteiger charge is 2.80. The van der Waals surface area contributed by atoms with E-state index in [1.54, 1.807) is 26.9 Å². The second-order valence-electron chi connectivity index (χ2n) is 13.0. The summed E-state index contributed by atoms with van der Waals surface area (Å²) in [7, 11) is 0. The van der Waals surface area contributed by atoms with Crippen molar-refractivity contribution in [1.29, 1.82) is 0 Å². The molecule has 0 saturated carbocycles. The second-order valence-corrected chi connectivity index (χ2v) is 13.0. The van der Waals surface area contributed by atoms with Crippen LogP contribution in [0.1, 0.15) is 33.1 Å². The third-order valence-corrected chi connectivity index (χ3v) is 10.4. The van der Waals surface area contributed by atoms with Crippen LogP contribution in [0.3, 0.4) is 0 Å². The number of aliphatic hydroxyl groups excluding tert-OH is 1. The second kappa shape index (κ2) is 12.5. The van der Waals surface area contributed by atoms with Crippen molar-refractivity contribution in [2.45, 2.75) is 50.4 Å². The van der Waals surface area contributed by atoms with Crippen molar-refractivity contribution in [3.8, 4) is 0 Å². The standard InChI is InChI=1S/C38H43N3O5/c1-5-20-39(29-16-8-7-9-17-29)34(43)31-32-35(44)41(22-12-13-23-42)33(38(32)25-26(3)37(31,4)46-38)36(45)40(21-6-2)30-19-18-27-14-10-11-15-28(27)24-30/h5-11,14-19,24,26,31-33,42H,1-2,12-13,20-23,25H2,3-4H3/t26?,31-,32+,33?,37+,38?/m1/s1. The molecule has 3 saturated heterocycles. The molecule has 2 bridgehead atoms. The lowest BCUT2D eigenvalue weighted by Crippen LogP contribution is -2.57. The highest BCUT2D eigenvalue weighted by Crippen LogP contribution is 2.65. The monoisotopic (exact) mass is 621 g/mol. The maximum atomic E-state index is 15.0. The molecule has 0 radical (unpaired) electrons. The molecule has 46 heavy (non-hydrogen) atoms. The Hall–Kier alpha value is -4.27. The molecule has 8 heteroatoms. The number of para-hydroxylation sites is 1. The Morgan fingerprint density at radius 1 is 0.935 bits per heavy atom. The first-order valence-corrected chi connectivity index (χ1v) is 16.2. The van der Waals surface area contributed by atoms with E-state index in [0.29, 0.717) is 30.6 Å². The minimum Gasteiger partial charge on any atom is -0.396 e. The van der Waals surface area contributed by atoms with Crippen LogP contribution in [-0.2, 0) is 19.1 Å². The molecule has 3 heterocycles. The van der Waals surface area contributed by atoms with Crippen LogP contribution in [0.15, 0.2) is 98.1 Å². The Bertz CT molecular complexity index is 1660. The molecule has 3 aliphatic heterocycles. The Morgan fingerprint density at radius 3 is 2.26 bits per heavy atom. The van der Waals surface area contributed by atoms with Gasteiger partial charge in [-0.25, -0.2) is 0 Å². The number of hydrogen-bond donors (Lipinski definition) is 1. The van der Waals surface area contributed by atoms with Crippen molar-refractivity contribution < 1.29 is 24.2 Å². The smallest absolute Gasteiger partial charge is 0.253 e. The van der Waals surface area contributed by atoms with Crippen LogP contribution in [0.2, 0.25) is 0 Å². The van der Waals surface area contributed by atoms with E-state index >= 15 is 0 Å². The van der Waals surface area contributed by atoms with E-state index in [2.05, 4.69) is 20.1 Å². The number of likely N-dealkylation sites (tertiary alicyclic amines) is 1. The van der Waals surface area contributed by atoms with Crippen molar-refractivity contribution in [3.05, 3.63) is 98.1 Å². The highest BCUT2D eigenvalue weighted by atomic mass is 16.5. The van der Waals surface area contributed by atoms with Gasteiger partial charge < -0.3 is 24.5 Å². The van der Waals surface area contributed by atoms with Crippen molar-refractivity contribution in [2.24, 2.45) is 17.8 Å². The summed E-state index contributed by atoms with van der Waals surface area (Å²) in [5.41, 5.74) is -0.721. The minimum atomic E-state index is -1.19. The number of rotatable bonds is 12. The number of hydrogen-bond acceptors (Lipinski definition) is 5. The lowest BCUT2D eigenvalue weighted by atomic mass is 9.62. The van der Waals surface area contributed by atoms with Gasteiger partial charge in [0.2, 0.25) is 11.8 Å². The third kappa shape index (κ3) is 4.95. The molecular formula is C38H43N3O5. The van der Waals surface area contributed by atoms with E-state index in [0.717, 1.165) is 10.8 Å². The number of nitrogens with zero attached hydrogens (tertiary/aromatic N) is 3. The van der Waals surface area contributed by atoms with Crippen LogP contribution >= 0.6 is 0 Å². The SMILES string of the molecule is C=CCN(C(=O)C1N(CCCCO)C(=O)[C@@H]2[C@H](C(=O)N(CC=C)c3ccccc3)[C@@]3(C)OC12CC3C)c1ccc2ccccc2c1. The van der Waals surface area contributed by atoms with Crippen molar-refractivity contribution in [1.82, 2.24) is 4.90 Å². The maximum Gasteiger partial charge on any atom is 0.253 e. The zero-order valence-electron chi connectivity index (χ0n) is 26.7. The number of amides is 3. The predicted molar refractivity (Wildman–Crippen MR) is 180 cm³/mol. The molecule has 240 valence electrons. The topological polar surface area (TPSA) is 90.4 Å². The fourth-order valence-electron chi connectivity index (χ4n) is 8.20. The first-order valence-electron chi connectivity index (χ1n) is 16.2. The highest BCUT2D eigenvalue weighted by molar-refractivity contribution is 6.07. The lowest BCUT2D eigenvalue weighted by molar-refractivity contribution is -0.145. The van der Waals surface area contributed by atoms with Crippen LogP contribution in [-0.4, -0.2) is 71.2 Å². The van der Waals surface area contributed by atoms with Crippen LogP contribution in [0.25, 0.3) is 10.8 Å². The normalized spacial score (nSPS) is 27.9. The largest absolute Gasteiger partial charge is 0.396 e. The number of anilines is 2. The number of carbonyl (C=O) groups is 3. The van der Waals surface area contributed by atoms with Crippen LogP contribution in [0, 0.1) is 17.8 Å². The first-order chi connectivity index (χ1) is 22.2. The summed E-state index contributed by atoms with van der Waals surface area (Å²) in [5.74, 6) is -2.42. The first kappa shape index (κ1) is 31.7. The summed E-state index contributed by atoms with van der Waals surface area (Å²) in [5, 5.41) is 11.6. The summed E-state index contributed by atoms with van der Waals surface area (Å²) in [6.07, 6.45) is 4.85. The summed E-state index contributed by atoms with van der Waals surface area (Å²) in [6.45, 7) is 12.6. The van der Waals surface area contributed by atoms with Gasteiger partial charge in [0.1, 0.15) is 11.6 Å². The van der Waals surface area contributed by atoms with Gasteiger partial charge in [-0.05, 0) is 67.1 Å². The number of fused-ring (bicyclic) bond motifs is 2. The van der Waals surface area contributed by atoms with Crippen molar-refractivity contribution in [2.75, 3.05) is 36.0 Å². The lowest BCUT2D eigenvalue weighted by Gasteiger charge is -2.39. The van der Waals surface area contributed by atoms with Gasteiger partial charge in [0.15, 0.2) is 0 Å². The van der Waals surface area contributed by atoms with Gasteiger partial charge >= 0.3 is 0 Å². The average Bonchev–Trinajstić information content (AvgIpc) is 3.58. The van der Waals surface area contributed by atoms with Crippen molar-refractivity contribution in [3.63, 3.8) is 0 Å². The van der Waals surface area contributed by atoms with Crippen LogP contribution in [0.4, 0.5) is 11.4 Å². The Kier molecular flexibility index (Phi) is 8.61. The molecule has 0 aliphatic carbocycles. The molecule has 3 aromatic carbocycles. The van der Waals surface area contributed by atoms with Crippen LogP contribution < -0.4 is 9.80 Å². The quantitative estimate of drug-likeness (QED) is 0.217. The van der Waals surface area contributed by atoms with E-state index < -0.39 is 29.1 Å². The number of aliphatic hydroxyl groups is 1. The Labute approximate surface area is 270 Å². The fraction of sp³-hybridized carbons (Fsp3) is 0.395. The van der Waals surface area contributed by atoms with E-state index in [1.165, 1.54) is 0 Å². The molecule has 6 rings (SSSR count). The van der Waals surface area contributed by atoms with Gasteiger partial charge in [0, 0.05) is 37.6 Å². The summed E-state index contributed by atoms with van der Waals surface area (Å²) >= 11 is 0. The van der Waals surface area contributed by atoms with E-state index in [9.17, 15) is 19.5 Å². The molecule has 3 aromatic rings. The predicted octanol–water partition coefficient (Wildman–Crippen LogP) is 5.36. The van der Waals surface area contributed by atoms with Crippen molar-refractivity contribution >= 4 is 39.9 Å². The Morgan fingerprint density at radius 2 is 1.59 bits per heavy atom.